The summed E-state index contributed by atoms with van der Waals surface area (Å²) >= 11 is 1.75. The fourth-order valence-electron chi connectivity index (χ4n) is 5.69. The lowest BCUT2D eigenvalue weighted by Gasteiger charge is -2.38. The molecule has 1 amide bonds. The molecule has 4 aromatic rings. The monoisotopic (exact) mass is 489 g/mol. The maximum Gasteiger partial charge on any atom is 0.225 e. The Balaban J connectivity index is 1.08. The summed E-state index contributed by atoms with van der Waals surface area (Å²) in [7, 11) is 0. The van der Waals surface area contributed by atoms with E-state index in [0.717, 1.165) is 91.9 Å². The first-order valence-electron chi connectivity index (χ1n) is 12.7. The molecule has 0 N–H and O–H groups in total. The van der Waals surface area contributed by atoms with Gasteiger partial charge in [0, 0.05) is 43.5 Å². The van der Waals surface area contributed by atoms with Crippen molar-refractivity contribution in [3.63, 3.8) is 0 Å². The third-order valence-corrected chi connectivity index (χ3v) is 8.77. The van der Waals surface area contributed by atoms with Crippen molar-refractivity contribution in [3.05, 3.63) is 41.5 Å². The van der Waals surface area contributed by atoms with Gasteiger partial charge in [0.15, 0.2) is 0 Å². The molecule has 8 nitrogen and oxygen atoms in total. The van der Waals surface area contributed by atoms with E-state index in [1.54, 1.807) is 17.7 Å². The van der Waals surface area contributed by atoms with Gasteiger partial charge in [-0.2, -0.15) is 0 Å². The number of anilines is 1. The van der Waals surface area contributed by atoms with Gasteiger partial charge in [-0.25, -0.2) is 14.6 Å². The molecule has 2 aliphatic rings. The Bertz CT molecular complexity index is 1340. The smallest absolute Gasteiger partial charge is 0.225 e. The van der Waals surface area contributed by atoms with Crippen LogP contribution in [0.15, 0.2) is 36.7 Å². The molecule has 3 aromatic heterocycles. The predicted octanol–water partition coefficient (Wildman–Crippen LogP) is 4.15. The number of rotatable bonds is 5. The number of benzene rings is 1. The van der Waals surface area contributed by atoms with Crippen molar-refractivity contribution < 1.29 is 4.79 Å². The Hall–Kier alpha value is -3.07. The lowest BCUT2D eigenvalue weighted by Crippen LogP contribution is -2.51. The summed E-state index contributed by atoms with van der Waals surface area (Å²) in [4.78, 5) is 29.3. The van der Waals surface area contributed by atoms with Crippen molar-refractivity contribution >= 4 is 44.3 Å². The number of nitrogens with zero attached hydrogens (tertiary/aromatic N) is 7. The highest BCUT2D eigenvalue weighted by Crippen LogP contribution is 2.33. The van der Waals surface area contributed by atoms with Crippen molar-refractivity contribution in [1.82, 2.24) is 29.9 Å². The van der Waals surface area contributed by atoms with Crippen molar-refractivity contribution in [2.45, 2.75) is 45.6 Å². The molecule has 2 fully saturated rings. The highest BCUT2D eigenvalue weighted by atomic mass is 32.1. The molecule has 4 heterocycles. The third kappa shape index (κ3) is 4.37. The van der Waals surface area contributed by atoms with Crippen LogP contribution in [-0.4, -0.2) is 61.9 Å². The number of hydrogen-bond donors (Lipinski definition) is 0. The number of piperazine rings is 1. The number of carbonyl (C=O) groups excluding carboxylic acids is 1. The molecule has 1 aliphatic heterocycles. The van der Waals surface area contributed by atoms with Crippen LogP contribution in [-0.2, 0) is 17.8 Å². The van der Waals surface area contributed by atoms with Crippen molar-refractivity contribution in [2.24, 2.45) is 11.8 Å². The maximum absolute atomic E-state index is 13.5. The van der Waals surface area contributed by atoms with Gasteiger partial charge < -0.3 is 9.80 Å². The Morgan fingerprint density at radius 1 is 1.11 bits per heavy atom. The minimum atomic E-state index is 0.116. The molecule has 0 radical (unpaired) electrons. The minimum Gasteiger partial charge on any atom is -0.352 e. The number of hydrogen-bond acceptors (Lipinski definition) is 7. The summed E-state index contributed by atoms with van der Waals surface area (Å²) < 4.78 is 2.02. The number of aromatic nitrogens is 5. The summed E-state index contributed by atoms with van der Waals surface area (Å²) in [5.74, 6) is 1.92. The molecule has 0 unspecified atom stereocenters. The van der Waals surface area contributed by atoms with Crippen LogP contribution in [0.3, 0.4) is 0 Å². The molecule has 0 bridgehead atoms. The van der Waals surface area contributed by atoms with Crippen LogP contribution in [0.5, 0.6) is 0 Å². The van der Waals surface area contributed by atoms with Crippen LogP contribution >= 0.6 is 11.3 Å². The average Bonchev–Trinajstić information content (AvgIpc) is 3.52. The largest absolute Gasteiger partial charge is 0.352 e. The molecule has 1 aromatic carbocycles. The van der Waals surface area contributed by atoms with Crippen LogP contribution in [0.2, 0.25) is 0 Å². The van der Waals surface area contributed by atoms with Crippen LogP contribution in [0.4, 0.5) is 5.82 Å². The van der Waals surface area contributed by atoms with Gasteiger partial charge in [-0.1, -0.05) is 30.7 Å². The van der Waals surface area contributed by atoms with E-state index in [1.807, 2.05) is 22.9 Å². The van der Waals surface area contributed by atoms with E-state index in [1.165, 1.54) is 4.88 Å². The summed E-state index contributed by atoms with van der Waals surface area (Å²) in [6.45, 7) is 6.15. The van der Waals surface area contributed by atoms with Gasteiger partial charge in [0.1, 0.15) is 22.5 Å². The molecule has 1 aliphatic carbocycles. The first kappa shape index (κ1) is 22.4. The van der Waals surface area contributed by atoms with E-state index in [0.29, 0.717) is 11.8 Å². The number of amides is 1. The number of carbonyl (C=O) groups is 1. The van der Waals surface area contributed by atoms with Crippen molar-refractivity contribution in [3.8, 4) is 0 Å². The number of fused-ring (bicyclic) bond motifs is 2. The number of thiophene rings is 1. The van der Waals surface area contributed by atoms with E-state index in [2.05, 4.69) is 49.1 Å². The van der Waals surface area contributed by atoms with Crippen molar-refractivity contribution in [2.75, 3.05) is 31.1 Å². The average molecular weight is 490 g/mol. The molecule has 1 saturated carbocycles. The second kappa shape index (κ2) is 9.53. The molecule has 9 heteroatoms. The minimum absolute atomic E-state index is 0.116. The fourth-order valence-corrected chi connectivity index (χ4v) is 6.62. The Labute approximate surface area is 209 Å². The predicted molar refractivity (Wildman–Crippen MR) is 139 cm³/mol. The molecule has 35 heavy (non-hydrogen) atoms. The number of para-hydroxylation sites is 1. The Morgan fingerprint density at radius 2 is 1.97 bits per heavy atom. The molecule has 2 atom stereocenters. The van der Waals surface area contributed by atoms with Gasteiger partial charge in [0.2, 0.25) is 5.91 Å². The quantitative estimate of drug-likeness (QED) is 0.419. The molecular weight excluding hydrogens is 458 g/mol. The summed E-state index contributed by atoms with van der Waals surface area (Å²) in [6.07, 6.45) is 6.87. The van der Waals surface area contributed by atoms with E-state index in [9.17, 15) is 4.79 Å². The third-order valence-electron chi connectivity index (χ3n) is 7.58. The van der Waals surface area contributed by atoms with Gasteiger partial charge in [-0.15, -0.1) is 16.4 Å². The van der Waals surface area contributed by atoms with E-state index in [-0.39, 0.29) is 5.92 Å². The van der Waals surface area contributed by atoms with Gasteiger partial charge in [0.25, 0.3) is 0 Å². The lowest BCUT2D eigenvalue weighted by molar-refractivity contribution is -0.137. The SMILES string of the molecule is CCc1cc2c(N3CCN(C(=O)[C@@H]4CCC[C@H](Cn5nnc6ccccc65)C4)CC3)ncnc2s1. The highest BCUT2D eigenvalue weighted by molar-refractivity contribution is 7.18. The van der Waals surface area contributed by atoms with E-state index >= 15 is 0 Å². The fraction of sp³-hybridized carbons (Fsp3) is 0.500. The zero-order valence-electron chi connectivity index (χ0n) is 20.1. The van der Waals surface area contributed by atoms with Gasteiger partial charge >= 0.3 is 0 Å². The topological polar surface area (TPSA) is 80.0 Å². The Kier molecular flexibility index (Phi) is 6.10. The second-order valence-electron chi connectivity index (χ2n) is 9.78. The van der Waals surface area contributed by atoms with Crippen molar-refractivity contribution in [1.29, 1.82) is 0 Å². The van der Waals surface area contributed by atoms with Gasteiger partial charge in [0.05, 0.1) is 10.9 Å². The second-order valence-corrected chi connectivity index (χ2v) is 10.9. The van der Waals surface area contributed by atoms with E-state index in [4.69, 9.17) is 0 Å². The van der Waals surface area contributed by atoms with Gasteiger partial charge in [-0.05, 0) is 49.8 Å². The molecule has 1 saturated heterocycles. The zero-order valence-corrected chi connectivity index (χ0v) is 21.0. The van der Waals surface area contributed by atoms with Crippen LogP contribution in [0, 0.1) is 11.8 Å². The maximum atomic E-state index is 13.5. The first-order chi connectivity index (χ1) is 17.2. The van der Waals surface area contributed by atoms with Crippen LogP contribution in [0.1, 0.15) is 37.5 Å². The zero-order chi connectivity index (χ0) is 23.8. The molecule has 182 valence electrons. The first-order valence-corrected chi connectivity index (χ1v) is 13.6. The standard InChI is InChI=1S/C26H31N7OS/c1-2-20-15-21-24(27-17-28-25(21)35-20)31-10-12-32(13-11-31)26(34)19-7-5-6-18(14-19)16-33-23-9-4-3-8-22(23)29-30-33/h3-4,8-9,15,17-19H,2,5-7,10-14,16H2,1H3/t18-,19+/m0/s1. The highest BCUT2D eigenvalue weighted by Gasteiger charge is 2.32. The summed E-state index contributed by atoms with van der Waals surface area (Å²) in [5.41, 5.74) is 2.01. The normalized spacial score (nSPS) is 21.2. The number of aryl methyl sites for hydroxylation is 1. The Morgan fingerprint density at radius 3 is 2.83 bits per heavy atom. The molecular formula is C26H31N7OS. The van der Waals surface area contributed by atoms with Gasteiger partial charge in [-0.3, -0.25) is 4.79 Å². The molecule has 6 rings (SSSR count). The molecule has 0 spiro atoms. The van der Waals surface area contributed by atoms with E-state index < -0.39 is 0 Å². The summed E-state index contributed by atoms with van der Waals surface area (Å²) in [6, 6.07) is 10.3. The van der Waals surface area contributed by atoms with Crippen LogP contribution in [0.25, 0.3) is 21.3 Å². The summed E-state index contributed by atoms with van der Waals surface area (Å²) in [5, 5.41) is 9.81. The lowest BCUT2D eigenvalue weighted by atomic mass is 9.80. The van der Waals surface area contributed by atoms with Crippen LogP contribution < -0.4 is 4.90 Å².